The lowest BCUT2D eigenvalue weighted by atomic mass is 10.0. The van der Waals surface area contributed by atoms with Crippen LogP contribution in [0.1, 0.15) is 34.8 Å². The molecule has 164 valence electrons. The molecule has 10 heteroatoms. The van der Waals surface area contributed by atoms with E-state index in [1.54, 1.807) is 36.4 Å². The summed E-state index contributed by atoms with van der Waals surface area (Å²) >= 11 is 1.38. The first-order chi connectivity index (χ1) is 14.7. The summed E-state index contributed by atoms with van der Waals surface area (Å²) in [5.74, 6) is -0.844. The van der Waals surface area contributed by atoms with Crippen LogP contribution in [0.15, 0.2) is 53.9 Å². The van der Waals surface area contributed by atoms with Gasteiger partial charge in [0.05, 0.1) is 23.8 Å². The Bertz CT molecular complexity index is 1160. The Morgan fingerprint density at radius 1 is 1.16 bits per heavy atom. The Labute approximate surface area is 184 Å². The van der Waals surface area contributed by atoms with E-state index in [4.69, 9.17) is 4.55 Å². The van der Waals surface area contributed by atoms with E-state index in [1.807, 2.05) is 12.3 Å². The number of hydrogen-bond acceptors (Lipinski definition) is 5. The fourth-order valence-corrected chi connectivity index (χ4v) is 4.49. The van der Waals surface area contributed by atoms with Crippen LogP contribution in [0.5, 0.6) is 0 Å². The van der Waals surface area contributed by atoms with Crippen LogP contribution in [-0.2, 0) is 34.4 Å². The Morgan fingerprint density at radius 2 is 1.84 bits per heavy atom. The number of nitrogens with zero attached hydrogens (tertiary/aromatic N) is 1. The van der Waals surface area contributed by atoms with Crippen molar-refractivity contribution in [3.8, 4) is 0 Å². The Hall–Kier alpha value is -2.82. The molecule has 31 heavy (non-hydrogen) atoms. The fourth-order valence-electron chi connectivity index (χ4n) is 3.06. The van der Waals surface area contributed by atoms with Crippen molar-refractivity contribution in [2.45, 2.75) is 32.2 Å². The normalized spacial score (nSPS) is 12.4. The number of para-hydroxylation sites is 1. The molecule has 0 aliphatic heterocycles. The Kier molecular flexibility index (Phi) is 7.37. The number of rotatable bonds is 9. The van der Waals surface area contributed by atoms with Gasteiger partial charge in [-0.15, -0.1) is 11.3 Å². The highest BCUT2D eigenvalue weighted by Crippen LogP contribution is 2.27. The molecule has 2 aromatic carbocycles. The molecular formula is C21H22FN3O4S2. The topological polar surface area (TPSA) is 108 Å². The van der Waals surface area contributed by atoms with Crippen molar-refractivity contribution in [3.63, 3.8) is 0 Å². The van der Waals surface area contributed by atoms with E-state index >= 15 is 0 Å². The lowest BCUT2D eigenvalue weighted by molar-refractivity contribution is -0.121. The molecule has 1 heterocycles. The standard InChI is InChI=1S/C21H22FN3O4S2/c1-2-16-13-30-21(23-16)19(24-20(26)12-14-7-3-5-9-17(14)22)11-15-8-4-6-10-18(15)25-31(27,28)29/h3-10,13,19,25H,2,11-12H2,1H3,(H,24,26)(H,27,28,29). The van der Waals surface area contributed by atoms with Crippen molar-refractivity contribution in [2.24, 2.45) is 0 Å². The number of aryl methyl sites for hydroxylation is 1. The SMILES string of the molecule is CCc1csc(C(Cc2ccccc2NS(=O)(=O)O)NC(=O)Cc2ccccc2F)n1. The molecule has 0 saturated heterocycles. The average Bonchev–Trinajstić information content (AvgIpc) is 3.19. The second-order valence-corrected chi connectivity index (χ2v) is 8.90. The van der Waals surface area contributed by atoms with E-state index in [-0.39, 0.29) is 30.0 Å². The van der Waals surface area contributed by atoms with Gasteiger partial charge >= 0.3 is 10.3 Å². The van der Waals surface area contributed by atoms with E-state index < -0.39 is 22.2 Å². The maximum absolute atomic E-state index is 13.9. The highest BCUT2D eigenvalue weighted by Gasteiger charge is 2.21. The van der Waals surface area contributed by atoms with Gasteiger partial charge in [-0.3, -0.25) is 14.1 Å². The zero-order valence-corrected chi connectivity index (χ0v) is 18.3. The van der Waals surface area contributed by atoms with Crippen molar-refractivity contribution in [2.75, 3.05) is 4.72 Å². The van der Waals surface area contributed by atoms with E-state index in [2.05, 4.69) is 15.0 Å². The summed E-state index contributed by atoms with van der Waals surface area (Å²) in [4.78, 5) is 17.2. The molecule has 1 atom stereocenters. The van der Waals surface area contributed by atoms with Gasteiger partial charge in [0.15, 0.2) is 0 Å². The number of benzene rings is 2. The number of hydrogen-bond donors (Lipinski definition) is 3. The van der Waals surface area contributed by atoms with Crippen molar-refractivity contribution in [1.29, 1.82) is 0 Å². The third kappa shape index (κ3) is 6.58. The van der Waals surface area contributed by atoms with Crippen molar-refractivity contribution in [3.05, 3.63) is 81.6 Å². The van der Waals surface area contributed by atoms with Crippen molar-refractivity contribution < 1.29 is 22.2 Å². The maximum atomic E-state index is 13.9. The molecule has 0 spiro atoms. The minimum atomic E-state index is -4.46. The fraction of sp³-hybridized carbons (Fsp3) is 0.238. The number of carbonyl (C=O) groups is 1. The Balaban J connectivity index is 1.86. The summed E-state index contributed by atoms with van der Waals surface area (Å²) in [6, 6.07) is 12.1. The van der Waals surface area contributed by atoms with Crippen molar-refractivity contribution in [1.82, 2.24) is 10.3 Å². The van der Waals surface area contributed by atoms with Gasteiger partial charge in [-0.25, -0.2) is 9.37 Å². The molecule has 3 aromatic rings. The predicted octanol–water partition coefficient (Wildman–Crippen LogP) is 3.70. The molecule has 3 rings (SSSR count). The van der Waals surface area contributed by atoms with Gasteiger partial charge < -0.3 is 5.32 Å². The van der Waals surface area contributed by atoms with E-state index in [9.17, 15) is 17.6 Å². The smallest absolute Gasteiger partial charge is 0.346 e. The van der Waals surface area contributed by atoms with Crippen LogP contribution in [0, 0.1) is 5.82 Å². The minimum absolute atomic E-state index is 0.139. The average molecular weight is 464 g/mol. The third-order valence-electron chi connectivity index (χ3n) is 4.55. The van der Waals surface area contributed by atoms with Crippen LogP contribution in [0.2, 0.25) is 0 Å². The molecule has 1 unspecified atom stereocenters. The molecule has 3 N–H and O–H groups in total. The lowest BCUT2D eigenvalue weighted by Crippen LogP contribution is -2.31. The zero-order valence-electron chi connectivity index (χ0n) is 16.7. The largest absolute Gasteiger partial charge is 0.357 e. The van der Waals surface area contributed by atoms with E-state index in [0.29, 0.717) is 10.6 Å². The Morgan fingerprint density at radius 3 is 2.48 bits per heavy atom. The summed E-state index contributed by atoms with van der Waals surface area (Å²) in [6.45, 7) is 1.97. The summed E-state index contributed by atoms with van der Waals surface area (Å²) in [5, 5.41) is 5.44. The number of nitrogens with one attached hydrogen (secondary N) is 2. The van der Waals surface area contributed by atoms with E-state index in [1.165, 1.54) is 23.5 Å². The van der Waals surface area contributed by atoms with Gasteiger partial charge in [-0.2, -0.15) is 8.42 Å². The van der Waals surface area contributed by atoms with Gasteiger partial charge in [-0.1, -0.05) is 43.3 Å². The first kappa shape index (κ1) is 22.9. The zero-order chi connectivity index (χ0) is 22.4. The first-order valence-electron chi connectivity index (χ1n) is 9.55. The number of amides is 1. The van der Waals surface area contributed by atoms with Gasteiger partial charge in [0.25, 0.3) is 0 Å². The van der Waals surface area contributed by atoms with Gasteiger partial charge in [0, 0.05) is 11.8 Å². The van der Waals surface area contributed by atoms with E-state index in [0.717, 1.165) is 12.1 Å². The summed E-state index contributed by atoms with van der Waals surface area (Å²) < 4.78 is 47.8. The molecule has 1 amide bonds. The van der Waals surface area contributed by atoms with Crippen LogP contribution in [0.4, 0.5) is 10.1 Å². The van der Waals surface area contributed by atoms with Gasteiger partial charge in [-0.05, 0) is 29.7 Å². The highest BCUT2D eigenvalue weighted by atomic mass is 32.2. The van der Waals surface area contributed by atoms with Crippen LogP contribution >= 0.6 is 11.3 Å². The number of aromatic nitrogens is 1. The number of halogens is 1. The summed E-state index contributed by atoms with van der Waals surface area (Å²) in [5.41, 5.74) is 1.91. The molecule has 0 bridgehead atoms. The predicted molar refractivity (Wildman–Crippen MR) is 118 cm³/mol. The van der Waals surface area contributed by atoms with Gasteiger partial charge in [0.2, 0.25) is 5.91 Å². The van der Waals surface area contributed by atoms with Gasteiger partial charge in [0.1, 0.15) is 10.8 Å². The van der Waals surface area contributed by atoms with Crippen LogP contribution in [-0.4, -0.2) is 23.9 Å². The third-order valence-corrected chi connectivity index (χ3v) is 6.04. The second kappa shape index (κ2) is 9.99. The molecule has 0 aliphatic rings. The highest BCUT2D eigenvalue weighted by molar-refractivity contribution is 7.87. The van der Waals surface area contributed by atoms with Crippen LogP contribution in [0.25, 0.3) is 0 Å². The molecule has 0 saturated carbocycles. The number of anilines is 1. The molecule has 7 nitrogen and oxygen atoms in total. The summed E-state index contributed by atoms with van der Waals surface area (Å²) in [6.07, 6.45) is 0.811. The van der Waals surface area contributed by atoms with Crippen LogP contribution in [0.3, 0.4) is 0 Å². The lowest BCUT2D eigenvalue weighted by Gasteiger charge is -2.19. The molecule has 0 radical (unpaired) electrons. The van der Waals surface area contributed by atoms with Crippen molar-refractivity contribution >= 4 is 33.2 Å². The number of thiazole rings is 1. The monoisotopic (exact) mass is 463 g/mol. The first-order valence-corrected chi connectivity index (χ1v) is 11.9. The molecule has 0 aliphatic carbocycles. The minimum Gasteiger partial charge on any atom is -0.346 e. The molecule has 1 aromatic heterocycles. The number of carbonyl (C=O) groups excluding carboxylic acids is 1. The quantitative estimate of drug-likeness (QED) is 0.419. The second-order valence-electron chi connectivity index (χ2n) is 6.86. The maximum Gasteiger partial charge on any atom is 0.357 e. The molecular weight excluding hydrogens is 441 g/mol. The summed E-state index contributed by atoms with van der Waals surface area (Å²) in [7, 11) is -4.46. The van der Waals surface area contributed by atoms with Crippen LogP contribution < -0.4 is 10.0 Å². The molecule has 0 fully saturated rings.